The number of carbonyl (C=O) groups is 1. The maximum Gasteiger partial charge on any atom is 0.251 e. The monoisotopic (exact) mass is 236 g/mol. The first-order valence-corrected chi connectivity index (χ1v) is 5.99. The number of hydrogen-bond donors (Lipinski definition) is 2. The van der Waals surface area contributed by atoms with Crippen molar-refractivity contribution in [2.24, 2.45) is 5.73 Å². The van der Waals surface area contributed by atoms with Gasteiger partial charge >= 0.3 is 0 Å². The highest BCUT2D eigenvalue weighted by Gasteiger charge is 2.05. The van der Waals surface area contributed by atoms with Gasteiger partial charge in [0.25, 0.3) is 5.91 Å². The molecule has 1 aromatic carbocycles. The summed E-state index contributed by atoms with van der Waals surface area (Å²) in [6.07, 6.45) is 1.84. The molecule has 4 heteroatoms. The molecule has 94 valence electrons. The summed E-state index contributed by atoms with van der Waals surface area (Å²) < 4.78 is 5.34. The maximum atomic E-state index is 11.8. The van der Waals surface area contributed by atoms with E-state index in [9.17, 15) is 4.79 Å². The molecule has 0 bridgehead atoms. The lowest BCUT2D eigenvalue weighted by Crippen LogP contribution is -2.24. The van der Waals surface area contributed by atoms with Crippen molar-refractivity contribution in [2.45, 2.75) is 19.8 Å². The molecule has 1 amide bonds. The van der Waals surface area contributed by atoms with Gasteiger partial charge in [-0.3, -0.25) is 4.79 Å². The number of nitrogens with one attached hydrogen (secondary N) is 1. The first-order valence-electron chi connectivity index (χ1n) is 5.99. The predicted molar refractivity (Wildman–Crippen MR) is 68.2 cm³/mol. The number of carbonyl (C=O) groups excluding carboxylic acids is 1. The zero-order valence-electron chi connectivity index (χ0n) is 10.2. The highest BCUT2D eigenvalue weighted by atomic mass is 16.5. The summed E-state index contributed by atoms with van der Waals surface area (Å²) in [5.74, 6) is 0.658. The van der Waals surface area contributed by atoms with Crippen LogP contribution in [0.2, 0.25) is 0 Å². The Morgan fingerprint density at radius 1 is 1.41 bits per heavy atom. The van der Waals surface area contributed by atoms with E-state index >= 15 is 0 Å². The number of unbranched alkanes of at least 4 members (excludes halogenated alkanes) is 1. The number of hydrogen-bond acceptors (Lipinski definition) is 3. The lowest BCUT2D eigenvalue weighted by molar-refractivity contribution is 0.0952. The molecular formula is C13H20N2O2. The smallest absolute Gasteiger partial charge is 0.251 e. The Kier molecular flexibility index (Phi) is 6.10. The van der Waals surface area contributed by atoms with E-state index in [0.717, 1.165) is 18.6 Å². The SMILES string of the molecule is CCOc1cccc(C(=O)NCCCCN)c1. The molecule has 0 atom stereocenters. The number of nitrogens with two attached hydrogens (primary N) is 1. The molecule has 0 aliphatic heterocycles. The van der Waals surface area contributed by atoms with Gasteiger partial charge in [-0.2, -0.15) is 0 Å². The van der Waals surface area contributed by atoms with Crippen LogP contribution in [0.3, 0.4) is 0 Å². The van der Waals surface area contributed by atoms with Gasteiger partial charge in [0.1, 0.15) is 5.75 Å². The molecular weight excluding hydrogens is 216 g/mol. The average molecular weight is 236 g/mol. The van der Waals surface area contributed by atoms with Crippen LogP contribution in [0.25, 0.3) is 0 Å². The molecule has 0 aromatic heterocycles. The highest BCUT2D eigenvalue weighted by Crippen LogP contribution is 2.13. The van der Waals surface area contributed by atoms with Crippen molar-refractivity contribution in [1.82, 2.24) is 5.32 Å². The van der Waals surface area contributed by atoms with E-state index in [1.54, 1.807) is 12.1 Å². The van der Waals surface area contributed by atoms with Crippen molar-refractivity contribution in [2.75, 3.05) is 19.7 Å². The van der Waals surface area contributed by atoms with E-state index < -0.39 is 0 Å². The van der Waals surface area contributed by atoms with Crippen molar-refractivity contribution in [3.8, 4) is 5.75 Å². The summed E-state index contributed by atoms with van der Waals surface area (Å²) in [6, 6.07) is 7.19. The van der Waals surface area contributed by atoms with Crippen molar-refractivity contribution in [1.29, 1.82) is 0 Å². The highest BCUT2D eigenvalue weighted by molar-refractivity contribution is 5.94. The summed E-state index contributed by atoms with van der Waals surface area (Å²) in [4.78, 5) is 11.8. The molecule has 0 heterocycles. The molecule has 3 N–H and O–H groups in total. The van der Waals surface area contributed by atoms with Crippen molar-refractivity contribution in [3.63, 3.8) is 0 Å². The maximum absolute atomic E-state index is 11.8. The third kappa shape index (κ3) is 4.87. The van der Waals surface area contributed by atoms with Crippen LogP contribution < -0.4 is 15.8 Å². The molecule has 0 saturated heterocycles. The van der Waals surface area contributed by atoms with E-state index in [1.165, 1.54) is 0 Å². The van der Waals surface area contributed by atoms with Gasteiger partial charge in [0.15, 0.2) is 0 Å². The second-order valence-electron chi connectivity index (χ2n) is 3.71. The van der Waals surface area contributed by atoms with Crippen LogP contribution in [0.5, 0.6) is 5.75 Å². The number of rotatable bonds is 7. The average Bonchev–Trinajstić information content (AvgIpc) is 2.35. The van der Waals surface area contributed by atoms with E-state index in [1.807, 2.05) is 19.1 Å². The number of amides is 1. The molecule has 4 nitrogen and oxygen atoms in total. The van der Waals surface area contributed by atoms with E-state index in [4.69, 9.17) is 10.5 Å². The zero-order chi connectivity index (χ0) is 12.5. The molecule has 0 radical (unpaired) electrons. The van der Waals surface area contributed by atoms with Gasteiger partial charge in [0.05, 0.1) is 6.61 Å². The second kappa shape index (κ2) is 7.68. The molecule has 0 unspecified atom stereocenters. The fourth-order valence-electron chi connectivity index (χ4n) is 1.47. The van der Waals surface area contributed by atoms with E-state index in [0.29, 0.717) is 25.3 Å². The molecule has 1 aromatic rings. The largest absolute Gasteiger partial charge is 0.494 e. The molecule has 0 spiro atoms. The third-order valence-corrected chi connectivity index (χ3v) is 2.32. The van der Waals surface area contributed by atoms with Crippen LogP contribution in [0, 0.1) is 0 Å². The van der Waals surface area contributed by atoms with Gasteiger partial charge in [-0.15, -0.1) is 0 Å². The van der Waals surface area contributed by atoms with Gasteiger partial charge in [-0.05, 0) is 44.5 Å². The number of ether oxygens (including phenoxy) is 1. The molecule has 0 aliphatic carbocycles. The summed E-state index contributed by atoms with van der Waals surface area (Å²) in [7, 11) is 0. The van der Waals surface area contributed by atoms with Crippen LogP contribution in [-0.4, -0.2) is 25.6 Å². The van der Waals surface area contributed by atoms with Crippen LogP contribution in [0.4, 0.5) is 0 Å². The lowest BCUT2D eigenvalue weighted by atomic mass is 10.2. The minimum atomic E-state index is -0.0661. The summed E-state index contributed by atoms with van der Waals surface area (Å²) in [6.45, 7) is 3.84. The lowest BCUT2D eigenvalue weighted by Gasteiger charge is -2.07. The first-order chi connectivity index (χ1) is 8.27. The minimum Gasteiger partial charge on any atom is -0.494 e. The Morgan fingerprint density at radius 2 is 2.24 bits per heavy atom. The topological polar surface area (TPSA) is 64.3 Å². The van der Waals surface area contributed by atoms with Crippen LogP contribution in [0.15, 0.2) is 24.3 Å². The second-order valence-corrected chi connectivity index (χ2v) is 3.71. The van der Waals surface area contributed by atoms with Crippen molar-refractivity contribution in [3.05, 3.63) is 29.8 Å². The van der Waals surface area contributed by atoms with Gasteiger partial charge < -0.3 is 15.8 Å². The number of benzene rings is 1. The summed E-state index contributed by atoms with van der Waals surface area (Å²) >= 11 is 0. The third-order valence-electron chi connectivity index (χ3n) is 2.32. The van der Waals surface area contributed by atoms with E-state index in [2.05, 4.69) is 5.32 Å². The van der Waals surface area contributed by atoms with Gasteiger partial charge in [-0.25, -0.2) is 0 Å². The Balaban J connectivity index is 2.47. The zero-order valence-corrected chi connectivity index (χ0v) is 10.2. The summed E-state index contributed by atoms with van der Waals surface area (Å²) in [5, 5.41) is 2.85. The Labute approximate surface area is 102 Å². The quantitative estimate of drug-likeness (QED) is 0.706. The van der Waals surface area contributed by atoms with Gasteiger partial charge in [0.2, 0.25) is 0 Å². The van der Waals surface area contributed by atoms with Gasteiger partial charge in [-0.1, -0.05) is 6.07 Å². The normalized spacial score (nSPS) is 10.0. The predicted octanol–water partition coefficient (Wildman–Crippen LogP) is 1.55. The fourth-order valence-corrected chi connectivity index (χ4v) is 1.47. The van der Waals surface area contributed by atoms with Gasteiger partial charge in [0, 0.05) is 12.1 Å². The summed E-state index contributed by atoms with van der Waals surface area (Å²) in [5.41, 5.74) is 6.01. The molecule has 0 aliphatic rings. The molecule has 0 fully saturated rings. The van der Waals surface area contributed by atoms with Crippen molar-refractivity contribution < 1.29 is 9.53 Å². The standard InChI is InChI=1S/C13H20N2O2/c1-2-17-12-7-5-6-11(10-12)13(16)15-9-4-3-8-14/h5-7,10H,2-4,8-9,14H2,1H3,(H,15,16). The van der Waals surface area contributed by atoms with Crippen LogP contribution in [-0.2, 0) is 0 Å². The first kappa shape index (κ1) is 13.5. The molecule has 0 saturated carbocycles. The molecule has 17 heavy (non-hydrogen) atoms. The molecule has 1 rings (SSSR count). The minimum absolute atomic E-state index is 0.0661. The van der Waals surface area contributed by atoms with E-state index in [-0.39, 0.29) is 5.91 Å². The fraction of sp³-hybridized carbons (Fsp3) is 0.462. The van der Waals surface area contributed by atoms with Crippen LogP contribution in [0.1, 0.15) is 30.1 Å². The van der Waals surface area contributed by atoms with Crippen LogP contribution >= 0.6 is 0 Å². The Bertz CT molecular complexity index is 353. The van der Waals surface area contributed by atoms with Crippen molar-refractivity contribution >= 4 is 5.91 Å². The Hall–Kier alpha value is -1.55. The Morgan fingerprint density at radius 3 is 2.94 bits per heavy atom.